The molecule has 1 unspecified atom stereocenters. The lowest BCUT2D eigenvalue weighted by Crippen LogP contribution is -2.23. The van der Waals surface area contributed by atoms with Crippen molar-refractivity contribution in [2.45, 2.75) is 47.1 Å². The molecule has 2 rings (SSSR count). The van der Waals surface area contributed by atoms with Crippen molar-refractivity contribution in [2.75, 3.05) is 6.54 Å². The maximum atomic E-state index is 5.65. The summed E-state index contributed by atoms with van der Waals surface area (Å²) >= 11 is 1.79. The molecule has 0 saturated heterocycles. The summed E-state index contributed by atoms with van der Waals surface area (Å²) in [6.45, 7) is 11.3. The molecule has 0 aliphatic carbocycles. The monoisotopic (exact) mass is 278 g/mol. The van der Waals surface area contributed by atoms with Crippen molar-refractivity contribution >= 4 is 11.3 Å². The van der Waals surface area contributed by atoms with Crippen LogP contribution < -0.4 is 5.32 Å². The van der Waals surface area contributed by atoms with Crippen LogP contribution in [0.5, 0.6) is 0 Å². The Balaban J connectivity index is 2.23. The number of nitrogens with one attached hydrogen (secondary N) is 1. The van der Waals surface area contributed by atoms with Gasteiger partial charge in [-0.3, -0.25) is 0 Å². The second-order valence-electron chi connectivity index (χ2n) is 4.93. The molecular formula is C15H22N2OS. The Morgan fingerprint density at radius 3 is 2.53 bits per heavy atom. The average molecular weight is 278 g/mol. The van der Waals surface area contributed by atoms with E-state index in [2.05, 4.69) is 37.1 Å². The van der Waals surface area contributed by atoms with Crippen molar-refractivity contribution in [3.05, 3.63) is 38.7 Å². The first-order chi connectivity index (χ1) is 9.01. The Kier molecular flexibility index (Phi) is 4.42. The molecule has 0 saturated carbocycles. The molecule has 0 spiro atoms. The van der Waals surface area contributed by atoms with Crippen LogP contribution in [0, 0.1) is 27.7 Å². The Labute approximate surface area is 119 Å². The number of furan rings is 1. The molecule has 0 aromatic carbocycles. The van der Waals surface area contributed by atoms with Gasteiger partial charge in [0, 0.05) is 22.9 Å². The molecular weight excluding hydrogens is 256 g/mol. The number of nitrogens with zero attached hydrogens (tertiary/aromatic N) is 1. The molecule has 3 nitrogen and oxygen atoms in total. The highest BCUT2D eigenvalue weighted by Gasteiger charge is 2.18. The van der Waals surface area contributed by atoms with Crippen LogP contribution in [0.2, 0.25) is 0 Å². The van der Waals surface area contributed by atoms with E-state index < -0.39 is 0 Å². The zero-order chi connectivity index (χ0) is 14.0. The Morgan fingerprint density at radius 1 is 1.32 bits per heavy atom. The summed E-state index contributed by atoms with van der Waals surface area (Å²) in [7, 11) is 0. The maximum Gasteiger partial charge on any atom is 0.105 e. The van der Waals surface area contributed by atoms with Gasteiger partial charge in [0.05, 0.1) is 10.7 Å². The SMILES string of the molecule is CCNC(Cc1nc(C)c(C)s1)c1cc(C)oc1C. The third-order valence-corrected chi connectivity index (χ3v) is 4.45. The molecule has 0 bridgehead atoms. The number of aryl methyl sites for hydroxylation is 4. The van der Waals surface area contributed by atoms with Crippen LogP contribution in [-0.4, -0.2) is 11.5 Å². The Morgan fingerprint density at radius 2 is 2.05 bits per heavy atom. The van der Waals surface area contributed by atoms with E-state index in [-0.39, 0.29) is 6.04 Å². The van der Waals surface area contributed by atoms with Crippen molar-refractivity contribution in [3.63, 3.8) is 0 Å². The van der Waals surface area contributed by atoms with Crippen molar-refractivity contribution in [1.29, 1.82) is 0 Å². The molecule has 4 heteroatoms. The highest BCUT2D eigenvalue weighted by atomic mass is 32.1. The average Bonchev–Trinajstić information content (AvgIpc) is 2.82. The molecule has 0 radical (unpaired) electrons. The van der Waals surface area contributed by atoms with Crippen LogP contribution in [0.4, 0.5) is 0 Å². The number of thiazole rings is 1. The fourth-order valence-corrected chi connectivity index (χ4v) is 3.32. The van der Waals surface area contributed by atoms with Gasteiger partial charge in [-0.15, -0.1) is 11.3 Å². The summed E-state index contributed by atoms with van der Waals surface area (Å²) in [6.07, 6.45) is 0.924. The van der Waals surface area contributed by atoms with Crippen LogP contribution in [0.25, 0.3) is 0 Å². The maximum absolute atomic E-state index is 5.65. The van der Waals surface area contributed by atoms with Gasteiger partial charge in [0.2, 0.25) is 0 Å². The van der Waals surface area contributed by atoms with E-state index in [1.807, 2.05) is 13.8 Å². The lowest BCUT2D eigenvalue weighted by molar-refractivity contribution is 0.484. The molecule has 104 valence electrons. The van der Waals surface area contributed by atoms with Gasteiger partial charge in [-0.25, -0.2) is 4.98 Å². The molecule has 2 aromatic heterocycles. The minimum atomic E-state index is 0.285. The third-order valence-electron chi connectivity index (χ3n) is 3.36. The first-order valence-electron chi connectivity index (χ1n) is 6.74. The first-order valence-corrected chi connectivity index (χ1v) is 7.56. The fraction of sp³-hybridized carbons (Fsp3) is 0.533. The predicted molar refractivity (Wildman–Crippen MR) is 79.9 cm³/mol. The summed E-state index contributed by atoms with van der Waals surface area (Å²) in [5.41, 5.74) is 2.40. The molecule has 0 aliphatic rings. The van der Waals surface area contributed by atoms with E-state index in [4.69, 9.17) is 4.42 Å². The highest BCUT2D eigenvalue weighted by Crippen LogP contribution is 2.27. The topological polar surface area (TPSA) is 38.1 Å². The van der Waals surface area contributed by atoms with Gasteiger partial charge in [0.15, 0.2) is 0 Å². The molecule has 1 atom stereocenters. The van der Waals surface area contributed by atoms with Crippen molar-refractivity contribution in [1.82, 2.24) is 10.3 Å². The fourth-order valence-electron chi connectivity index (χ4n) is 2.34. The van der Waals surface area contributed by atoms with E-state index in [0.717, 1.165) is 30.2 Å². The first kappa shape index (κ1) is 14.3. The van der Waals surface area contributed by atoms with Crippen LogP contribution in [0.15, 0.2) is 10.5 Å². The van der Waals surface area contributed by atoms with Crippen molar-refractivity contribution < 1.29 is 4.42 Å². The zero-order valence-corrected chi connectivity index (χ0v) is 13.1. The number of hydrogen-bond acceptors (Lipinski definition) is 4. The van der Waals surface area contributed by atoms with Gasteiger partial charge in [0.25, 0.3) is 0 Å². The molecule has 1 N–H and O–H groups in total. The van der Waals surface area contributed by atoms with Gasteiger partial charge in [-0.2, -0.15) is 0 Å². The van der Waals surface area contributed by atoms with Gasteiger partial charge in [-0.05, 0) is 40.3 Å². The highest BCUT2D eigenvalue weighted by molar-refractivity contribution is 7.11. The zero-order valence-electron chi connectivity index (χ0n) is 12.3. The van der Waals surface area contributed by atoms with Gasteiger partial charge in [0.1, 0.15) is 11.5 Å². The number of aromatic nitrogens is 1. The van der Waals surface area contributed by atoms with E-state index >= 15 is 0 Å². The van der Waals surface area contributed by atoms with E-state index in [9.17, 15) is 0 Å². The minimum absolute atomic E-state index is 0.285. The smallest absolute Gasteiger partial charge is 0.105 e. The Bertz CT molecular complexity index is 537. The summed E-state index contributed by atoms with van der Waals surface area (Å²) in [4.78, 5) is 5.95. The lowest BCUT2D eigenvalue weighted by atomic mass is 10.0. The number of rotatable bonds is 5. The molecule has 19 heavy (non-hydrogen) atoms. The Hall–Kier alpha value is -1.13. The lowest BCUT2D eigenvalue weighted by Gasteiger charge is -2.15. The van der Waals surface area contributed by atoms with Gasteiger partial charge < -0.3 is 9.73 Å². The molecule has 2 aromatic rings. The standard InChI is InChI=1S/C15H22N2OS/c1-6-16-14(13-7-9(2)18-11(13)4)8-15-17-10(3)12(5)19-15/h7,14,16H,6,8H2,1-5H3. The molecule has 0 amide bonds. The second-order valence-corrected chi connectivity index (χ2v) is 6.22. The van der Waals surface area contributed by atoms with Crippen LogP contribution >= 0.6 is 11.3 Å². The third kappa shape index (κ3) is 3.25. The minimum Gasteiger partial charge on any atom is -0.466 e. The molecule has 2 heterocycles. The van der Waals surface area contributed by atoms with Gasteiger partial charge >= 0.3 is 0 Å². The van der Waals surface area contributed by atoms with Crippen LogP contribution in [-0.2, 0) is 6.42 Å². The quantitative estimate of drug-likeness (QED) is 0.902. The van der Waals surface area contributed by atoms with E-state index in [1.165, 1.54) is 15.4 Å². The van der Waals surface area contributed by atoms with Crippen molar-refractivity contribution in [2.24, 2.45) is 0 Å². The van der Waals surface area contributed by atoms with Crippen LogP contribution in [0.3, 0.4) is 0 Å². The summed E-state index contributed by atoms with van der Waals surface area (Å²) in [6, 6.07) is 2.42. The normalized spacial score (nSPS) is 12.9. The summed E-state index contributed by atoms with van der Waals surface area (Å²) < 4.78 is 5.65. The van der Waals surface area contributed by atoms with E-state index in [0.29, 0.717) is 0 Å². The van der Waals surface area contributed by atoms with Crippen LogP contribution in [0.1, 0.15) is 45.6 Å². The largest absolute Gasteiger partial charge is 0.466 e. The van der Waals surface area contributed by atoms with Gasteiger partial charge in [-0.1, -0.05) is 6.92 Å². The summed E-state index contributed by atoms with van der Waals surface area (Å²) in [5.74, 6) is 1.98. The van der Waals surface area contributed by atoms with Crippen molar-refractivity contribution in [3.8, 4) is 0 Å². The summed E-state index contributed by atoms with van der Waals surface area (Å²) in [5, 5.41) is 4.73. The molecule has 0 fully saturated rings. The number of likely N-dealkylation sites (N-methyl/N-ethyl adjacent to an activating group) is 1. The number of hydrogen-bond donors (Lipinski definition) is 1. The van der Waals surface area contributed by atoms with E-state index in [1.54, 1.807) is 11.3 Å². The predicted octanol–water partition coefficient (Wildman–Crippen LogP) is 3.86. The molecule has 0 aliphatic heterocycles. The second kappa shape index (κ2) is 5.88.